The zero-order valence-corrected chi connectivity index (χ0v) is 9.51. The van der Waals surface area contributed by atoms with Gasteiger partial charge in [-0.05, 0) is 7.05 Å². The van der Waals surface area contributed by atoms with E-state index >= 15 is 0 Å². The van der Waals surface area contributed by atoms with Crippen LogP contribution in [0.5, 0.6) is 0 Å². The van der Waals surface area contributed by atoms with Crippen molar-refractivity contribution < 1.29 is 14.7 Å². The van der Waals surface area contributed by atoms with Crippen molar-refractivity contribution in [1.82, 2.24) is 15.3 Å². The van der Waals surface area contributed by atoms with Crippen LogP contribution in [-0.2, 0) is 16.0 Å². The van der Waals surface area contributed by atoms with E-state index in [0.29, 0.717) is 12.8 Å². The van der Waals surface area contributed by atoms with Gasteiger partial charge in [-0.25, -0.2) is 4.98 Å². The van der Waals surface area contributed by atoms with Crippen molar-refractivity contribution in [3.63, 3.8) is 0 Å². The van der Waals surface area contributed by atoms with Crippen molar-refractivity contribution in [2.24, 2.45) is 5.73 Å². The largest absolute Gasteiger partial charge is 0.480 e. The van der Waals surface area contributed by atoms with Crippen LogP contribution in [0.2, 0.25) is 0 Å². The normalized spacial score (nSPS) is 19.2. The van der Waals surface area contributed by atoms with Gasteiger partial charge in [-0.3, -0.25) is 9.59 Å². The number of aliphatic carboxylic acids is 1. The highest BCUT2D eigenvalue weighted by Gasteiger charge is 2.29. The second-order valence-corrected chi connectivity index (χ2v) is 3.72. The van der Waals surface area contributed by atoms with E-state index in [9.17, 15) is 9.59 Å². The summed E-state index contributed by atoms with van der Waals surface area (Å²) in [5.74, 6) is -0.662. The molecule has 0 saturated heterocycles. The number of aromatic amines is 1. The lowest BCUT2D eigenvalue weighted by Gasteiger charge is -2.07. The summed E-state index contributed by atoms with van der Waals surface area (Å²) in [7, 11) is 1.62. The fourth-order valence-corrected chi connectivity index (χ4v) is 1.08. The molecule has 0 amide bonds. The quantitative estimate of drug-likeness (QED) is 0.530. The molecule has 1 aromatic rings. The van der Waals surface area contributed by atoms with Crippen LogP contribution in [0.4, 0.5) is 0 Å². The van der Waals surface area contributed by atoms with E-state index in [1.807, 2.05) is 0 Å². The molecule has 1 aliphatic carbocycles. The van der Waals surface area contributed by atoms with Crippen molar-refractivity contribution in [3.05, 3.63) is 18.2 Å². The Morgan fingerprint density at radius 2 is 2.41 bits per heavy atom. The standard InChI is InChI=1S/C7H11N3O2.C3H5NO/c1-8-6(7(11)12)2-5-3-9-4-10-5;4-2-1-3(2)5/h3-4,6,8H,2H2,1H3,(H,9,10)(H,11,12);2H,1,4H2/t6-;/m0./s1. The van der Waals surface area contributed by atoms with E-state index < -0.39 is 12.0 Å². The monoisotopic (exact) mass is 240 g/mol. The predicted octanol–water partition coefficient (Wildman–Crippen LogP) is -1.09. The van der Waals surface area contributed by atoms with E-state index in [-0.39, 0.29) is 11.8 Å². The van der Waals surface area contributed by atoms with Crippen molar-refractivity contribution in [1.29, 1.82) is 0 Å². The van der Waals surface area contributed by atoms with Gasteiger partial charge in [-0.1, -0.05) is 0 Å². The Labute approximate surface area is 98.4 Å². The van der Waals surface area contributed by atoms with Gasteiger partial charge in [0, 0.05) is 19.0 Å². The number of aromatic nitrogens is 2. The Morgan fingerprint density at radius 1 is 1.82 bits per heavy atom. The van der Waals surface area contributed by atoms with Crippen LogP contribution in [0.3, 0.4) is 0 Å². The van der Waals surface area contributed by atoms with Crippen LogP contribution in [0, 0.1) is 0 Å². The maximum atomic E-state index is 10.6. The summed E-state index contributed by atoms with van der Waals surface area (Å²) in [6, 6.07) is -0.650. The SMILES string of the molecule is CN[C@@H](Cc1c[nH]cn1)C(=O)O.NC1CC1=O. The smallest absolute Gasteiger partial charge is 0.321 e. The number of Topliss-reactive ketones (excluding diaryl/α,β-unsaturated/α-hetero) is 1. The zero-order valence-electron chi connectivity index (χ0n) is 9.51. The van der Waals surface area contributed by atoms with Crippen LogP contribution in [0.1, 0.15) is 12.1 Å². The Hall–Kier alpha value is -1.73. The number of ketones is 1. The van der Waals surface area contributed by atoms with E-state index in [0.717, 1.165) is 5.69 Å². The number of carbonyl (C=O) groups is 2. The lowest BCUT2D eigenvalue weighted by molar-refractivity contribution is -0.139. The van der Waals surface area contributed by atoms with Crippen molar-refractivity contribution >= 4 is 11.8 Å². The van der Waals surface area contributed by atoms with Crippen LogP contribution in [-0.4, -0.2) is 46.0 Å². The fraction of sp³-hybridized carbons (Fsp3) is 0.500. The van der Waals surface area contributed by atoms with Gasteiger partial charge < -0.3 is 21.1 Å². The first-order chi connectivity index (χ1) is 8.04. The summed E-state index contributed by atoms with van der Waals surface area (Å²) < 4.78 is 0. The summed E-state index contributed by atoms with van der Waals surface area (Å²) in [5.41, 5.74) is 5.76. The van der Waals surface area contributed by atoms with E-state index in [1.165, 1.54) is 6.33 Å². The highest BCUT2D eigenvalue weighted by atomic mass is 16.4. The molecule has 7 heteroatoms. The molecule has 0 aromatic carbocycles. The number of nitrogens with one attached hydrogen (secondary N) is 2. The van der Waals surface area contributed by atoms with Crippen LogP contribution < -0.4 is 11.1 Å². The molecule has 1 fully saturated rings. The molecular formula is C10H16N4O3. The number of nitrogens with two attached hydrogens (primary N) is 1. The molecule has 0 bridgehead atoms. The predicted molar refractivity (Wildman–Crippen MR) is 60.4 cm³/mol. The van der Waals surface area contributed by atoms with Crippen LogP contribution >= 0.6 is 0 Å². The number of likely N-dealkylation sites (N-methyl/N-ethyl adjacent to an activating group) is 1. The highest BCUT2D eigenvalue weighted by molar-refractivity contribution is 5.99. The Morgan fingerprint density at radius 3 is 2.71 bits per heavy atom. The van der Waals surface area contributed by atoms with Gasteiger partial charge in [0.05, 0.1) is 18.1 Å². The molecule has 1 heterocycles. The number of rotatable bonds is 4. The average Bonchev–Trinajstić information content (AvgIpc) is 2.78. The topological polar surface area (TPSA) is 121 Å². The van der Waals surface area contributed by atoms with Gasteiger partial charge in [0.25, 0.3) is 0 Å². The van der Waals surface area contributed by atoms with Crippen molar-refractivity contribution in [2.75, 3.05) is 7.05 Å². The van der Waals surface area contributed by atoms with E-state index in [4.69, 9.17) is 10.8 Å². The molecule has 17 heavy (non-hydrogen) atoms. The Kier molecular flexibility index (Phi) is 4.80. The molecule has 1 unspecified atom stereocenters. The fourth-order valence-electron chi connectivity index (χ4n) is 1.08. The third-order valence-electron chi connectivity index (χ3n) is 2.29. The molecule has 2 atom stereocenters. The molecule has 2 rings (SSSR count). The second kappa shape index (κ2) is 6.12. The lowest BCUT2D eigenvalue weighted by Crippen LogP contribution is -2.35. The summed E-state index contributed by atoms with van der Waals surface area (Å²) in [4.78, 5) is 27.0. The molecule has 0 spiro atoms. The second-order valence-electron chi connectivity index (χ2n) is 3.72. The number of hydrogen-bond acceptors (Lipinski definition) is 5. The summed E-state index contributed by atoms with van der Waals surface area (Å²) >= 11 is 0. The number of carboxylic acid groups (broad SMARTS) is 1. The maximum absolute atomic E-state index is 10.6. The number of nitrogens with zero attached hydrogens (tertiary/aromatic N) is 1. The first-order valence-electron chi connectivity index (χ1n) is 5.20. The molecule has 0 radical (unpaired) electrons. The summed E-state index contributed by atoms with van der Waals surface area (Å²) in [6.45, 7) is 0. The van der Waals surface area contributed by atoms with Gasteiger partial charge in [0.1, 0.15) is 6.04 Å². The van der Waals surface area contributed by atoms with Gasteiger partial charge >= 0.3 is 5.97 Å². The van der Waals surface area contributed by atoms with E-state index in [2.05, 4.69) is 15.3 Å². The summed E-state index contributed by atoms with van der Waals surface area (Å²) in [5, 5.41) is 11.4. The maximum Gasteiger partial charge on any atom is 0.321 e. The molecule has 1 aromatic heterocycles. The van der Waals surface area contributed by atoms with Crippen molar-refractivity contribution in [3.8, 4) is 0 Å². The minimum absolute atomic E-state index is 0.0880. The molecule has 1 saturated carbocycles. The van der Waals surface area contributed by atoms with Gasteiger partial charge in [0.2, 0.25) is 0 Å². The minimum atomic E-state index is -0.861. The van der Waals surface area contributed by atoms with Crippen LogP contribution in [0.15, 0.2) is 12.5 Å². The van der Waals surface area contributed by atoms with Gasteiger partial charge in [-0.2, -0.15) is 0 Å². The first-order valence-corrected chi connectivity index (χ1v) is 5.20. The zero-order chi connectivity index (χ0) is 12.8. The number of imidazole rings is 1. The molecule has 0 aliphatic heterocycles. The average molecular weight is 240 g/mol. The Bertz CT molecular complexity index is 377. The lowest BCUT2D eigenvalue weighted by atomic mass is 10.2. The van der Waals surface area contributed by atoms with Gasteiger partial charge in [0.15, 0.2) is 5.78 Å². The minimum Gasteiger partial charge on any atom is -0.480 e. The highest BCUT2D eigenvalue weighted by Crippen LogP contribution is 2.07. The first kappa shape index (κ1) is 13.3. The molecule has 1 aliphatic rings. The third kappa shape index (κ3) is 4.75. The third-order valence-corrected chi connectivity index (χ3v) is 2.29. The number of hydrogen-bond donors (Lipinski definition) is 4. The summed E-state index contributed by atoms with van der Waals surface area (Å²) in [6.07, 6.45) is 4.23. The Balaban J connectivity index is 0.000000239. The number of H-pyrrole nitrogens is 1. The molecular weight excluding hydrogens is 224 g/mol. The molecule has 7 nitrogen and oxygen atoms in total. The number of carboxylic acids is 1. The van der Waals surface area contributed by atoms with Crippen molar-refractivity contribution in [2.45, 2.75) is 24.9 Å². The van der Waals surface area contributed by atoms with Gasteiger partial charge in [-0.15, -0.1) is 0 Å². The number of carbonyl (C=O) groups excluding carboxylic acids is 1. The molecule has 94 valence electrons. The van der Waals surface area contributed by atoms with E-state index in [1.54, 1.807) is 13.2 Å². The molecule has 5 N–H and O–H groups in total. The van der Waals surface area contributed by atoms with Crippen LogP contribution in [0.25, 0.3) is 0 Å².